The Kier molecular flexibility index (Phi) is 5.80. The standard InChI is InChI=1S/C16H23N5OS2/c1-11-14(24-16(18-11)19-12(2)22)13-10-23-15(20-13)17-6-5-9-21-7-3-4-8-21/h10H,3-9H2,1-2H3,(H,17,20)(H,18,19,22). The van der Waals surface area contributed by atoms with E-state index in [9.17, 15) is 4.79 Å². The minimum atomic E-state index is -0.103. The molecule has 0 radical (unpaired) electrons. The normalized spacial score (nSPS) is 14.9. The Bertz CT molecular complexity index is 690. The Morgan fingerprint density at radius 1 is 1.29 bits per heavy atom. The maximum absolute atomic E-state index is 11.1. The third-order valence-corrected chi connectivity index (χ3v) is 5.84. The summed E-state index contributed by atoms with van der Waals surface area (Å²) >= 11 is 3.08. The van der Waals surface area contributed by atoms with Crippen LogP contribution >= 0.6 is 22.7 Å². The van der Waals surface area contributed by atoms with Crippen LogP contribution in [0.4, 0.5) is 10.3 Å². The summed E-state index contributed by atoms with van der Waals surface area (Å²) in [5.41, 5.74) is 1.82. The van der Waals surface area contributed by atoms with Gasteiger partial charge in [0.25, 0.3) is 0 Å². The first kappa shape index (κ1) is 17.3. The second-order valence-electron chi connectivity index (χ2n) is 5.98. The molecular weight excluding hydrogens is 342 g/mol. The molecule has 0 aromatic carbocycles. The van der Waals surface area contributed by atoms with Crippen molar-refractivity contribution in [3.05, 3.63) is 11.1 Å². The molecule has 3 heterocycles. The van der Waals surface area contributed by atoms with Crippen LogP contribution in [0.2, 0.25) is 0 Å². The van der Waals surface area contributed by atoms with Gasteiger partial charge in [-0.05, 0) is 45.8 Å². The molecular formula is C16H23N5OS2. The Hall–Kier alpha value is -1.51. The molecule has 24 heavy (non-hydrogen) atoms. The van der Waals surface area contributed by atoms with Gasteiger partial charge in [-0.3, -0.25) is 4.79 Å². The molecule has 0 aliphatic carbocycles. The molecule has 1 saturated heterocycles. The van der Waals surface area contributed by atoms with Crippen LogP contribution in [0.1, 0.15) is 31.9 Å². The van der Waals surface area contributed by atoms with E-state index < -0.39 is 0 Å². The number of aryl methyl sites for hydroxylation is 1. The van der Waals surface area contributed by atoms with Gasteiger partial charge in [0.15, 0.2) is 10.3 Å². The van der Waals surface area contributed by atoms with E-state index in [1.807, 2.05) is 12.3 Å². The lowest BCUT2D eigenvalue weighted by Crippen LogP contribution is -2.22. The van der Waals surface area contributed by atoms with Gasteiger partial charge in [-0.25, -0.2) is 9.97 Å². The van der Waals surface area contributed by atoms with Crippen LogP contribution < -0.4 is 10.6 Å². The minimum absolute atomic E-state index is 0.103. The third-order valence-electron chi connectivity index (χ3n) is 3.94. The average Bonchev–Trinajstić information content (AvgIpc) is 3.24. The number of rotatable bonds is 7. The van der Waals surface area contributed by atoms with E-state index in [-0.39, 0.29) is 5.91 Å². The highest BCUT2D eigenvalue weighted by Crippen LogP contribution is 2.34. The fraction of sp³-hybridized carbons (Fsp3) is 0.562. The summed E-state index contributed by atoms with van der Waals surface area (Å²) in [7, 11) is 0. The number of hydrogen-bond acceptors (Lipinski definition) is 7. The number of aromatic nitrogens is 2. The highest BCUT2D eigenvalue weighted by molar-refractivity contribution is 7.19. The average molecular weight is 366 g/mol. The Labute approximate surface area is 150 Å². The van der Waals surface area contributed by atoms with Gasteiger partial charge in [0.1, 0.15) is 0 Å². The molecule has 0 spiro atoms. The Morgan fingerprint density at radius 2 is 2.08 bits per heavy atom. The van der Waals surface area contributed by atoms with Crippen LogP contribution in [0, 0.1) is 6.92 Å². The predicted octanol–water partition coefficient (Wildman–Crippen LogP) is 3.43. The van der Waals surface area contributed by atoms with Crippen LogP contribution in [0.25, 0.3) is 10.6 Å². The molecule has 1 amide bonds. The van der Waals surface area contributed by atoms with E-state index in [0.717, 1.165) is 34.4 Å². The SMILES string of the molecule is CC(=O)Nc1nc(C)c(-c2csc(NCCCN3CCCC3)n2)s1. The number of hydrogen-bond donors (Lipinski definition) is 2. The predicted molar refractivity (Wildman–Crippen MR) is 101 cm³/mol. The van der Waals surface area contributed by atoms with E-state index in [0.29, 0.717) is 5.13 Å². The molecule has 0 atom stereocenters. The largest absolute Gasteiger partial charge is 0.361 e. The van der Waals surface area contributed by atoms with Gasteiger partial charge >= 0.3 is 0 Å². The molecule has 0 saturated carbocycles. The summed E-state index contributed by atoms with van der Waals surface area (Å²) in [6.07, 6.45) is 3.83. The quantitative estimate of drug-likeness (QED) is 0.736. The summed E-state index contributed by atoms with van der Waals surface area (Å²) in [5.74, 6) is -0.103. The number of anilines is 2. The summed E-state index contributed by atoms with van der Waals surface area (Å²) in [6.45, 7) is 8.05. The Balaban J connectivity index is 1.53. The van der Waals surface area contributed by atoms with Gasteiger partial charge in [-0.2, -0.15) is 0 Å². The number of likely N-dealkylation sites (tertiary alicyclic amines) is 1. The maximum Gasteiger partial charge on any atom is 0.223 e. The molecule has 1 fully saturated rings. The summed E-state index contributed by atoms with van der Waals surface area (Å²) in [4.78, 5) is 23.7. The molecule has 2 aromatic heterocycles. The lowest BCUT2D eigenvalue weighted by atomic mass is 10.3. The molecule has 1 aliphatic heterocycles. The fourth-order valence-corrected chi connectivity index (χ4v) is 4.58. The van der Waals surface area contributed by atoms with E-state index in [1.165, 1.54) is 50.7 Å². The van der Waals surface area contributed by atoms with Gasteiger partial charge in [0.05, 0.1) is 16.3 Å². The molecule has 2 aromatic rings. The van der Waals surface area contributed by atoms with Crippen molar-refractivity contribution < 1.29 is 4.79 Å². The van der Waals surface area contributed by atoms with Crippen molar-refractivity contribution in [1.29, 1.82) is 0 Å². The molecule has 8 heteroatoms. The lowest BCUT2D eigenvalue weighted by Gasteiger charge is -2.13. The number of nitrogens with one attached hydrogen (secondary N) is 2. The first-order valence-corrected chi connectivity index (χ1v) is 9.98. The summed E-state index contributed by atoms with van der Waals surface area (Å²) in [5, 5.41) is 9.76. The summed E-state index contributed by atoms with van der Waals surface area (Å²) in [6, 6.07) is 0. The van der Waals surface area contributed by atoms with Gasteiger partial charge < -0.3 is 15.5 Å². The van der Waals surface area contributed by atoms with Crippen molar-refractivity contribution in [2.45, 2.75) is 33.1 Å². The van der Waals surface area contributed by atoms with Crippen LogP contribution in [-0.4, -0.2) is 47.0 Å². The first-order chi connectivity index (χ1) is 11.6. The van der Waals surface area contributed by atoms with Crippen molar-refractivity contribution in [3.63, 3.8) is 0 Å². The number of nitrogens with zero attached hydrogens (tertiary/aromatic N) is 3. The van der Waals surface area contributed by atoms with Crippen molar-refractivity contribution in [3.8, 4) is 10.6 Å². The Morgan fingerprint density at radius 3 is 2.83 bits per heavy atom. The maximum atomic E-state index is 11.1. The van der Waals surface area contributed by atoms with Crippen LogP contribution in [0.5, 0.6) is 0 Å². The van der Waals surface area contributed by atoms with Gasteiger partial charge in [-0.15, -0.1) is 11.3 Å². The monoisotopic (exact) mass is 365 g/mol. The summed E-state index contributed by atoms with van der Waals surface area (Å²) < 4.78 is 0. The van der Waals surface area contributed by atoms with E-state index in [2.05, 4.69) is 25.5 Å². The van der Waals surface area contributed by atoms with Gasteiger partial charge in [-0.1, -0.05) is 11.3 Å². The second kappa shape index (κ2) is 8.04. The zero-order valence-electron chi connectivity index (χ0n) is 14.1. The number of thiazole rings is 2. The topological polar surface area (TPSA) is 70.2 Å². The zero-order chi connectivity index (χ0) is 16.9. The van der Waals surface area contributed by atoms with Crippen molar-refractivity contribution in [2.75, 3.05) is 36.8 Å². The van der Waals surface area contributed by atoms with Gasteiger partial charge in [0.2, 0.25) is 5.91 Å². The third kappa shape index (κ3) is 4.52. The minimum Gasteiger partial charge on any atom is -0.361 e. The second-order valence-corrected chi connectivity index (χ2v) is 7.84. The van der Waals surface area contributed by atoms with Crippen LogP contribution in [0.3, 0.4) is 0 Å². The molecule has 2 N–H and O–H groups in total. The van der Waals surface area contributed by atoms with E-state index in [4.69, 9.17) is 0 Å². The fourth-order valence-electron chi connectivity index (χ4n) is 2.80. The van der Waals surface area contributed by atoms with Gasteiger partial charge in [0, 0.05) is 18.8 Å². The molecule has 1 aliphatic rings. The van der Waals surface area contributed by atoms with Crippen molar-refractivity contribution >= 4 is 38.8 Å². The molecule has 0 unspecified atom stereocenters. The first-order valence-electron chi connectivity index (χ1n) is 8.29. The molecule has 130 valence electrons. The lowest BCUT2D eigenvalue weighted by molar-refractivity contribution is -0.114. The number of carbonyl (C=O) groups excluding carboxylic acids is 1. The smallest absolute Gasteiger partial charge is 0.223 e. The van der Waals surface area contributed by atoms with Crippen LogP contribution in [-0.2, 0) is 4.79 Å². The highest BCUT2D eigenvalue weighted by atomic mass is 32.1. The van der Waals surface area contributed by atoms with Crippen LogP contribution in [0.15, 0.2) is 5.38 Å². The number of carbonyl (C=O) groups is 1. The highest BCUT2D eigenvalue weighted by Gasteiger charge is 2.14. The van der Waals surface area contributed by atoms with Crippen molar-refractivity contribution in [2.24, 2.45) is 0 Å². The molecule has 0 bridgehead atoms. The van der Waals surface area contributed by atoms with Crippen molar-refractivity contribution in [1.82, 2.24) is 14.9 Å². The van der Waals surface area contributed by atoms with E-state index in [1.54, 1.807) is 11.3 Å². The molecule has 6 nitrogen and oxygen atoms in total. The molecule has 3 rings (SSSR count). The zero-order valence-corrected chi connectivity index (χ0v) is 15.7. The number of amides is 1. The van der Waals surface area contributed by atoms with E-state index >= 15 is 0 Å².